The van der Waals surface area contributed by atoms with E-state index in [1.807, 2.05) is 11.4 Å². The first-order valence-corrected chi connectivity index (χ1v) is 6.73. The third-order valence-corrected chi connectivity index (χ3v) is 3.78. The molecule has 0 aliphatic rings. The quantitative estimate of drug-likeness (QED) is 0.662. The van der Waals surface area contributed by atoms with Crippen molar-refractivity contribution in [1.82, 2.24) is 9.97 Å². The normalized spacial score (nSPS) is 11.1. The van der Waals surface area contributed by atoms with Crippen molar-refractivity contribution in [2.24, 2.45) is 0 Å². The van der Waals surface area contributed by atoms with Gasteiger partial charge in [0.2, 0.25) is 0 Å². The van der Waals surface area contributed by atoms with Gasteiger partial charge >= 0.3 is 0 Å². The van der Waals surface area contributed by atoms with Crippen LogP contribution in [0.5, 0.6) is 0 Å². The lowest BCUT2D eigenvalue weighted by molar-refractivity contribution is 0.573. The fraction of sp³-hybridized carbons (Fsp3) is 0.0769. The van der Waals surface area contributed by atoms with Crippen molar-refractivity contribution in [3.63, 3.8) is 0 Å². The minimum absolute atomic E-state index is 0.180. The molecule has 0 radical (unpaired) electrons. The Morgan fingerprint density at radius 3 is 2.79 bits per heavy atom. The van der Waals surface area contributed by atoms with Crippen molar-refractivity contribution >= 4 is 33.2 Å². The molecule has 19 heavy (non-hydrogen) atoms. The Morgan fingerprint density at radius 1 is 1.16 bits per heavy atom. The van der Waals surface area contributed by atoms with Crippen LogP contribution in [-0.2, 0) is 6.42 Å². The van der Waals surface area contributed by atoms with E-state index in [2.05, 4.69) is 9.97 Å². The molecule has 0 aliphatic heterocycles. The summed E-state index contributed by atoms with van der Waals surface area (Å²) in [5.41, 5.74) is 0.341. The van der Waals surface area contributed by atoms with E-state index in [0.29, 0.717) is 16.5 Å². The van der Waals surface area contributed by atoms with Crippen molar-refractivity contribution in [2.75, 3.05) is 0 Å². The van der Waals surface area contributed by atoms with Crippen LogP contribution in [-0.4, -0.2) is 9.97 Å². The van der Waals surface area contributed by atoms with Gasteiger partial charge in [-0.1, -0.05) is 17.7 Å². The van der Waals surface area contributed by atoms with E-state index in [4.69, 9.17) is 11.6 Å². The minimum atomic E-state index is -0.606. The number of nitrogens with zero attached hydrogens (tertiary/aromatic N) is 2. The van der Waals surface area contributed by atoms with Gasteiger partial charge in [-0.3, -0.25) is 0 Å². The first-order valence-electron chi connectivity index (χ1n) is 5.47. The summed E-state index contributed by atoms with van der Waals surface area (Å²) in [6.45, 7) is 0. The van der Waals surface area contributed by atoms with E-state index in [0.717, 1.165) is 16.3 Å². The van der Waals surface area contributed by atoms with Gasteiger partial charge in [-0.15, -0.1) is 11.3 Å². The molecule has 2 nitrogen and oxygen atoms in total. The van der Waals surface area contributed by atoms with Gasteiger partial charge < -0.3 is 0 Å². The number of halogens is 3. The highest BCUT2D eigenvalue weighted by Crippen LogP contribution is 2.25. The van der Waals surface area contributed by atoms with Crippen molar-refractivity contribution in [3.05, 3.63) is 57.8 Å². The molecule has 0 amide bonds. The topological polar surface area (TPSA) is 25.8 Å². The summed E-state index contributed by atoms with van der Waals surface area (Å²) in [6, 6.07) is 5.29. The number of rotatable bonds is 2. The van der Waals surface area contributed by atoms with Crippen LogP contribution < -0.4 is 0 Å². The first kappa shape index (κ1) is 12.4. The van der Waals surface area contributed by atoms with Gasteiger partial charge in [0.25, 0.3) is 0 Å². The molecule has 0 unspecified atom stereocenters. The van der Waals surface area contributed by atoms with E-state index in [1.165, 1.54) is 23.5 Å². The Labute approximate surface area is 116 Å². The van der Waals surface area contributed by atoms with Crippen LogP contribution >= 0.6 is 22.9 Å². The molecule has 3 aromatic rings. The second-order valence-corrected chi connectivity index (χ2v) is 5.24. The Balaban J connectivity index is 2.00. The van der Waals surface area contributed by atoms with Gasteiger partial charge in [-0.05, 0) is 23.1 Å². The number of hydrogen-bond acceptors (Lipinski definition) is 3. The molecular weight excluding hydrogens is 290 g/mol. The summed E-state index contributed by atoms with van der Waals surface area (Å²) < 4.78 is 26.4. The molecule has 0 saturated heterocycles. The van der Waals surface area contributed by atoms with E-state index in [1.54, 1.807) is 0 Å². The van der Waals surface area contributed by atoms with Gasteiger partial charge in [0.1, 0.15) is 27.4 Å². The Hall–Kier alpha value is -1.59. The predicted octanol–water partition coefficient (Wildman–Crippen LogP) is 4.21. The van der Waals surface area contributed by atoms with Crippen molar-refractivity contribution in [1.29, 1.82) is 0 Å². The van der Waals surface area contributed by atoms with Crippen molar-refractivity contribution in [2.45, 2.75) is 6.42 Å². The van der Waals surface area contributed by atoms with Crippen LogP contribution in [0.25, 0.3) is 10.2 Å². The second-order valence-electron chi connectivity index (χ2n) is 3.98. The highest BCUT2D eigenvalue weighted by molar-refractivity contribution is 7.16. The first-order chi connectivity index (χ1) is 9.13. The predicted molar refractivity (Wildman–Crippen MR) is 71.6 cm³/mol. The molecule has 0 N–H and O–H groups in total. The zero-order valence-corrected chi connectivity index (χ0v) is 11.1. The zero-order chi connectivity index (χ0) is 13.4. The second kappa shape index (κ2) is 4.83. The van der Waals surface area contributed by atoms with Crippen LogP contribution in [0, 0.1) is 11.6 Å². The van der Waals surface area contributed by atoms with Crippen LogP contribution in [0.2, 0.25) is 5.15 Å². The Kier molecular flexibility index (Phi) is 3.16. The van der Waals surface area contributed by atoms with Crippen molar-refractivity contribution < 1.29 is 8.78 Å². The number of benzene rings is 1. The maximum atomic E-state index is 13.6. The van der Waals surface area contributed by atoms with Crippen LogP contribution in [0.1, 0.15) is 11.4 Å². The molecular formula is C13H7ClF2N2S. The molecule has 0 fully saturated rings. The largest absolute Gasteiger partial charge is 0.222 e. The van der Waals surface area contributed by atoms with Crippen LogP contribution in [0.3, 0.4) is 0 Å². The number of thiophene rings is 1. The fourth-order valence-electron chi connectivity index (χ4n) is 1.78. The third kappa shape index (κ3) is 2.43. The van der Waals surface area contributed by atoms with Gasteiger partial charge in [0, 0.05) is 17.9 Å². The lowest BCUT2D eigenvalue weighted by Gasteiger charge is -2.03. The molecule has 96 valence electrons. The standard InChI is InChI=1S/C13H7ClF2N2S/c14-12-9-3-4-19-13(9)18-11(17-12)5-7-1-2-8(15)6-10(7)16/h1-4,6H,5H2. The van der Waals surface area contributed by atoms with Gasteiger partial charge in [0.15, 0.2) is 0 Å². The average molecular weight is 297 g/mol. The van der Waals surface area contributed by atoms with E-state index >= 15 is 0 Å². The molecule has 0 aliphatic carbocycles. The summed E-state index contributed by atoms with van der Waals surface area (Å²) in [4.78, 5) is 9.21. The molecule has 0 atom stereocenters. The number of fused-ring (bicyclic) bond motifs is 1. The third-order valence-electron chi connectivity index (χ3n) is 2.69. The minimum Gasteiger partial charge on any atom is -0.222 e. The molecule has 2 heterocycles. The lowest BCUT2D eigenvalue weighted by Crippen LogP contribution is -1.99. The highest BCUT2D eigenvalue weighted by atomic mass is 35.5. The van der Waals surface area contributed by atoms with Gasteiger partial charge in [-0.2, -0.15) is 0 Å². The maximum absolute atomic E-state index is 13.6. The Morgan fingerprint density at radius 2 is 2.00 bits per heavy atom. The monoisotopic (exact) mass is 296 g/mol. The van der Waals surface area contributed by atoms with E-state index in [-0.39, 0.29) is 6.42 Å². The SMILES string of the molecule is Fc1ccc(Cc2nc(Cl)c3ccsc3n2)c(F)c1. The fourth-order valence-corrected chi connectivity index (χ4v) is 2.86. The maximum Gasteiger partial charge on any atom is 0.141 e. The summed E-state index contributed by atoms with van der Waals surface area (Å²) in [5.74, 6) is -0.787. The summed E-state index contributed by atoms with van der Waals surface area (Å²) in [7, 11) is 0. The molecule has 0 spiro atoms. The molecule has 6 heteroatoms. The smallest absolute Gasteiger partial charge is 0.141 e. The van der Waals surface area contributed by atoms with Gasteiger partial charge in [0.05, 0.1) is 0 Å². The summed E-state index contributed by atoms with van der Waals surface area (Å²) in [6.07, 6.45) is 0.180. The molecule has 2 aromatic heterocycles. The zero-order valence-electron chi connectivity index (χ0n) is 9.53. The van der Waals surface area contributed by atoms with E-state index < -0.39 is 11.6 Å². The van der Waals surface area contributed by atoms with E-state index in [9.17, 15) is 8.78 Å². The highest BCUT2D eigenvalue weighted by Gasteiger charge is 2.10. The average Bonchev–Trinajstić information content (AvgIpc) is 2.81. The van der Waals surface area contributed by atoms with Crippen LogP contribution in [0.15, 0.2) is 29.6 Å². The van der Waals surface area contributed by atoms with Crippen LogP contribution in [0.4, 0.5) is 8.78 Å². The summed E-state index contributed by atoms with van der Waals surface area (Å²) in [5, 5.41) is 3.01. The molecule has 1 aromatic carbocycles. The molecule has 0 saturated carbocycles. The number of hydrogen-bond donors (Lipinski definition) is 0. The molecule has 3 rings (SSSR count). The van der Waals surface area contributed by atoms with Gasteiger partial charge in [-0.25, -0.2) is 18.7 Å². The number of aromatic nitrogens is 2. The lowest BCUT2D eigenvalue weighted by atomic mass is 10.1. The van der Waals surface area contributed by atoms with Crippen molar-refractivity contribution in [3.8, 4) is 0 Å². The molecule has 0 bridgehead atoms. The summed E-state index contributed by atoms with van der Waals surface area (Å²) >= 11 is 7.48. The Bertz CT molecular complexity index is 757.